The number of nitrogens with one attached hydrogen (secondary N) is 2. The highest BCUT2D eigenvalue weighted by Gasteiger charge is 2.17. The van der Waals surface area contributed by atoms with Crippen molar-refractivity contribution in [2.75, 3.05) is 0 Å². The predicted octanol–water partition coefficient (Wildman–Crippen LogP) is 2.92. The van der Waals surface area contributed by atoms with Gasteiger partial charge in [-0.2, -0.15) is 10.2 Å². The molecule has 0 aliphatic heterocycles. The summed E-state index contributed by atoms with van der Waals surface area (Å²) in [6, 6.07) is 8.67. The number of H-pyrrole nitrogens is 2. The summed E-state index contributed by atoms with van der Waals surface area (Å²) in [4.78, 5) is 23.8. The second-order valence-corrected chi connectivity index (χ2v) is 6.55. The molecule has 0 radical (unpaired) electrons. The predicted molar refractivity (Wildman–Crippen MR) is 102 cm³/mol. The first-order valence-electron chi connectivity index (χ1n) is 8.12. The summed E-state index contributed by atoms with van der Waals surface area (Å²) in [6.07, 6.45) is 3.53. The SMILES string of the molecule is Cn1ccc(-c2nc3[nH]c(=O)ccc3nc2-c2cc(Cl)c3[nH]ncc3c2)n1. The van der Waals surface area contributed by atoms with E-state index in [1.54, 1.807) is 16.9 Å². The Morgan fingerprint density at radius 3 is 2.81 bits per heavy atom. The largest absolute Gasteiger partial charge is 0.305 e. The molecule has 5 rings (SSSR count). The van der Waals surface area contributed by atoms with E-state index in [4.69, 9.17) is 16.6 Å². The van der Waals surface area contributed by atoms with Gasteiger partial charge in [0.15, 0.2) is 5.65 Å². The van der Waals surface area contributed by atoms with Crippen molar-refractivity contribution >= 4 is 33.7 Å². The van der Waals surface area contributed by atoms with Gasteiger partial charge in [0.2, 0.25) is 5.56 Å². The Morgan fingerprint density at radius 1 is 1.11 bits per heavy atom. The number of hydrogen-bond acceptors (Lipinski definition) is 5. The molecule has 0 atom stereocenters. The quantitative estimate of drug-likeness (QED) is 0.492. The molecule has 8 nitrogen and oxygen atoms in total. The Balaban J connectivity index is 1.85. The van der Waals surface area contributed by atoms with E-state index in [2.05, 4.69) is 25.3 Å². The van der Waals surface area contributed by atoms with Gasteiger partial charge in [0.25, 0.3) is 0 Å². The van der Waals surface area contributed by atoms with Crippen LogP contribution in [0.2, 0.25) is 5.02 Å². The number of aromatic nitrogens is 7. The fourth-order valence-corrected chi connectivity index (χ4v) is 3.31. The summed E-state index contributed by atoms with van der Waals surface area (Å²) in [7, 11) is 1.83. The molecule has 0 spiro atoms. The zero-order valence-electron chi connectivity index (χ0n) is 14.1. The van der Waals surface area contributed by atoms with Crippen molar-refractivity contribution in [1.82, 2.24) is 34.9 Å². The highest BCUT2D eigenvalue weighted by atomic mass is 35.5. The maximum Gasteiger partial charge on any atom is 0.249 e. The number of fused-ring (bicyclic) bond motifs is 2. The van der Waals surface area contributed by atoms with E-state index in [0.717, 1.165) is 16.5 Å². The molecular formula is C18H12ClN7O. The van der Waals surface area contributed by atoms with Gasteiger partial charge in [-0.1, -0.05) is 11.6 Å². The van der Waals surface area contributed by atoms with Crippen molar-refractivity contribution in [1.29, 1.82) is 0 Å². The lowest BCUT2D eigenvalue weighted by Gasteiger charge is -2.09. The van der Waals surface area contributed by atoms with Crippen molar-refractivity contribution in [3.63, 3.8) is 0 Å². The molecule has 0 amide bonds. The van der Waals surface area contributed by atoms with Crippen LogP contribution in [-0.4, -0.2) is 34.9 Å². The second kappa shape index (κ2) is 5.75. The minimum atomic E-state index is -0.237. The second-order valence-electron chi connectivity index (χ2n) is 6.14. The monoisotopic (exact) mass is 377 g/mol. The topological polar surface area (TPSA) is 105 Å². The highest BCUT2D eigenvalue weighted by Crippen LogP contribution is 2.33. The van der Waals surface area contributed by atoms with Crippen LogP contribution in [-0.2, 0) is 7.05 Å². The van der Waals surface area contributed by atoms with Crippen LogP contribution in [0.25, 0.3) is 44.7 Å². The van der Waals surface area contributed by atoms with Crippen molar-refractivity contribution in [3.05, 3.63) is 58.1 Å². The molecule has 0 bridgehead atoms. The smallest absolute Gasteiger partial charge is 0.249 e. The maximum atomic E-state index is 11.7. The molecule has 0 aliphatic carbocycles. The molecule has 0 saturated carbocycles. The Morgan fingerprint density at radius 2 is 2.00 bits per heavy atom. The van der Waals surface area contributed by atoms with Crippen molar-refractivity contribution in [2.45, 2.75) is 0 Å². The van der Waals surface area contributed by atoms with Crippen LogP contribution in [0, 0.1) is 0 Å². The van der Waals surface area contributed by atoms with Crippen molar-refractivity contribution in [2.24, 2.45) is 7.05 Å². The van der Waals surface area contributed by atoms with E-state index >= 15 is 0 Å². The van der Waals surface area contributed by atoms with Crippen molar-refractivity contribution < 1.29 is 0 Å². The van der Waals surface area contributed by atoms with Gasteiger partial charge in [0.05, 0.1) is 22.4 Å². The molecule has 0 saturated heterocycles. The lowest BCUT2D eigenvalue weighted by atomic mass is 10.1. The average Bonchev–Trinajstić information content (AvgIpc) is 3.29. The van der Waals surface area contributed by atoms with Crippen LogP contribution in [0.1, 0.15) is 0 Å². The third-order valence-corrected chi connectivity index (χ3v) is 4.59. The standard InChI is InChI=1S/C18H12ClN7O/c1-26-5-4-12(25-26)17-16(21-13-2-3-14(27)22-18(13)23-17)9-6-10-8-20-24-15(10)11(19)7-9/h2-8H,1H3,(H,20,24)(H,22,23,27). The van der Waals surface area contributed by atoms with Crippen LogP contribution in [0.15, 0.2) is 47.5 Å². The summed E-state index contributed by atoms with van der Waals surface area (Å²) >= 11 is 6.41. The van der Waals surface area contributed by atoms with E-state index in [-0.39, 0.29) is 5.56 Å². The number of hydrogen-bond donors (Lipinski definition) is 2. The van der Waals surface area contributed by atoms with Crippen LogP contribution < -0.4 is 5.56 Å². The first-order valence-corrected chi connectivity index (χ1v) is 8.50. The summed E-state index contributed by atoms with van der Waals surface area (Å²) in [5.41, 5.74) is 4.12. The van der Waals surface area contributed by atoms with Gasteiger partial charge < -0.3 is 4.98 Å². The maximum absolute atomic E-state index is 11.7. The zero-order chi connectivity index (χ0) is 18.5. The van der Waals surface area contributed by atoms with E-state index in [1.165, 1.54) is 6.07 Å². The number of halogens is 1. The lowest BCUT2D eigenvalue weighted by molar-refractivity contribution is 0.770. The molecule has 0 unspecified atom stereocenters. The molecule has 1 aromatic carbocycles. The summed E-state index contributed by atoms with van der Waals surface area (Å²) in [5.74, 6) is 0. The number of aromatic amines is 2. The molecule has 2 N–H and O–H groups in total. The molecule has 4 heterocycles. The molecular weight excluding hydrogens is 366 g/mol. The highest BCUT2D eigenvalue weighted by molar-refractivity contribution is 6.35. The molecule has 9 heteroatoms. The first kappa shape index (κ1) is 15.7. The number of rotatable bonds is 2. The van der Waals surface area contributed by atoms with Crippen LogP contribution >= 0.6 is 11.6 Å². The minimum Gasteiger partial charge on any atom is -0.305 e. The van der Waals surface area contributed by atoms with Gasteiger partial charge in [-0.05, 0) is 24.3 Å². The fourth-order valence-electron chi connectivity index (χ4n) is 3.04. The summed E-state index contributed by atoms with van der Waals surface area (Å²) in [6.45, 7) is 0. The molecule has 27 heavy (non-hydrogen) atoms. The molecule has 5 aromatic rings. The van der Waals surface area contributed by atoms with Crippen LogP contribution in [0.5, 0.6) is 0 Å². The Hall–Kier alpha value is -3.52. The number of nitrogens with zero attached hydrogens (tertiary/aromatic N) is 5. The van der Waals surface area contributed by atoms with Gasteiger partial charge in [0, 0.05) is 30.3 Å². The summed E-state index contributed by atoms with van der Waals surface area (Å²) < 4.78 is 1.69. The van der Waals surface area contributed by atoms with E-state index < -0.39 is 0 Å². The third-order valence-electron chi connectivity index (χ3n) is 4.29. The molecule has 0 fully saturated rings. The van der Waals surface area contributed by atoms with Gasteiger partial charge in [-0.25, -0.2) is 9.97 Å². The minimum absolute atomic E-state index is 0.237. The Kier molecular flexibility index (Phi) is 3.34. The van der Waals surface area contributed by atoms with Gasteiger partial charge in [-0.15, -0.1) is 0 Å². The first-order chi connectivity index (χ1) is 13.1. The van der Waals surface area contributed by atoms with E-state index in [0.29, 0.717) is 33.3 Å². The Labute approximate surface area is 156 Å². The van der Waals surface area contributed by atoms with Crippen LogP contribution in [0.4, 0.5) is 0 Å². The average molecular weight is 378 g/mol. The number of benzene rings is 1. The third kappa shape index (κ3) is 2.58. The van der Waals surface area contributed by atoms with Crippen molar-refractivity contribution in [3.8, 4) is 22.6 Å². The number of aryl methyl sites for hydroxylation is 1. The Bertz CT molecular complexity index is 1380. The van der Waals surface area contributed by atoms with Crippen LogP contribution in [0.3, 0.4) is 0 Å². The zero-order valence-corrected chi connectivity index (χ0v) is 14.8. The van der Waals surface area contributed by atoms with Gasteiger partial charge >= 0.3 is 0 Å². The molecule has 0 aliphatic rings. The van der Waals surface area contributed by atoms with E-state index in [9.17, 15) is 4.79 Å². The normalized spacial score (nSPS) is 11.5. The van der Waals surface area contributed by atoms with Gasteiger partial charge in [-0.3, -0.25) is 14.6 Å². The van der Waals surface area contributed by atoms with Gasteiger partial charge in [0.1, 0.15) is 16.9 Å². The lowest BCUT2D eigenvalue weighted by Crippen LogP contribution is -2.06. The fraction of sp³-hybridized carbons (Fsp3) is 0.0556. The molecule has 4 aromatic heterocycles. The van der Waals surface area contributed by atoms with E-state index in [1.807, 2.05) is 31.4 Å². The summed E-state index contributed by atoms with van der Waals surface area (Å²) in [5, 5.41) is 12.8. The number of pyridine rings is 1. The molecule has 132 valence electrons.